The van der Waals surface area contributed by atoms with Gasteiger partial charge in [-0.15, -0.1) is 5.10 Å². The van der Waals surface area contributed by atoms with Crippen LogP contribution >= 0.6 is 0 Å². The normalized spacial score (nSPS) is 24.4. The number of halogens is 3. The lowest BCUT2D eigenvalue weighted by Gasteiger charge is -2.44. The lowest BCUT2D eigenvalue weighted by molar-refractivity contribution is -0.169. The molecule has 0 radical (unpaired) electrons. The third kappa shape index (κ3) is 3.97. The van der Waals surface area contributed by atoms with Crippen molar-refractivity contribution in [2.75, 3.05) is 32.9 Å². The third-order valence-electron chi connectivity index (χ3n) is 4.95. The summed E-state index contributed by atoms with van der Waals surface area (Å²) in [6, 6.07) is 4.81. The number of hydrogen-bond acceptors (Lipinski definition) is 6. The van der Waals surface area contributed by atoms with E-state index in [2.05, 4.69) is 20.4 Å². The SMILES string of the molecule is FC(F)(F)c1ccc(-n2nnnc2CN2CCOC3(CCCOC3)C2)cc1. The number of rotatable bonds is 3. The Morgan fingerprint density at radius 2 is 1.96 bits per heavy atom. The van der Waals surface area contributed by atoms with Crippen LogP contribution in [-0.4, -0.2) is 63.6 Å². The van der Waals surface area contributed by atoms with Crippen molar-refractivity contribution in [3.8, 4) is 5.69 Å². The van der Waals surface area contributed by atoms with Crippen LogP contribution in [-0.2, 0) is 22.2 Å². The van der Waals surface area contributed by atoms with Crippen molar-refractivity contribution in [2.24, 2.45) is 0 Å². The van der Waals surface area contributed by atoms with Crippen LogP contribution in [0.5, 0.6) is 0 Å². The number of aromatic nitrogens is 4. The van der Waals surface area contributed by atoms with Crippen LogP contribution in [0.2, 0.25) is 0 Å². The molecule has 0 amide bonds. The summed E-state index contributed by atoms with van der Waals surface area (Å²) in [5, 5.41) is 11.7. The zero-order chi connectivity index (χ0) is 18.9. The van der Waals surface area contributed by atoms with Gasteiger partial charge in [-0.25, -0.2) is 0 Å². The van der Waals surface area contributed by atoms with E-state index in [1.165, 1.54) is 16.8 Å². The number of morpholine rings is 1. The van der Waals surface area contributed by atoms with Gasteiger partial charge >= 0.3 is 6.18 Å². The van der Waals surface area contributed by atoms with Gasteiger partial charge < -0.3 is 9.47 Å². The predicted molar refractivity (Wildman–Crippen MR) is 88.2 cm³/mol. The first-order valence-corrected chi connectivity index (χ1v) is 8.84. The van der Waals surface area contributed by atoms with Crippen molar-refractivity contribution in [2.45, 2.75) is 31.2 Å². The number of ether oxygens (including phenoxy) is 2. The van der Waals surface area contributed by atoms with Gasteiger partial charge in [0, 0.05) is 19.7 Å². The summed E-state index contributed by atoms with van der Waals surface area (Å²) in [4.78, 5) is 2.20. The quantitative estimate of drug-likeness (QED) is 0.809. The van der Waals surface area contributed by atoms with Crippen molar-refractivity contribution >= 4 is 0 Å². The molecule has 2 aliphatic rings. The standard InChI is InChI=1S/C17H20F3N5O2/c18-17(19,20)13-2-4-14(5-3-13)25-15(21-22-23-25)10-24-7-9-27-16(11-24)6-1-8-26-12-16/h2-5H,1,6-12H2. The van der Waals surface area contributed by atoms with Gasteiger partial charge in [0.05, 0.1) is 31.0 Å². The van der Waals surface area contributed by atoms with Gasteiger partial charge in [0.25, 0.3) is 0 Å². The summed E-state index contributed by atoms with van der Waals surface area (Å²) in [5.74, 6) is 0.573. The van der Waals surface area contributed by atoms with Gasteiger partial charge in [-0.2, -0.15) is 17.9 Å². The molecule has 1 unspecified atom stereocenters. The highest BCUT2D eigenvalue weighted by molar-refractivity contribution is 5.35. The zero-order valence-corrected chi connectivity index (χ0v) is 14.7. The molecule has 3 heterocycles. The zero-order valence-electron chi connectivity index (χ0n) is 14.7. The molecule has 1 aromatic heterocycles. The highest BCUT2D eigenvalue weighted by Gasteiger charge is 2.39. The average molecular weight is 383 g/mol. The summed E-state index contributed by atoms with van der Waals surface area (Å²) < 4.78 is 51.3. The lowest BCUT2D eigenvalue weighted by atomic mass is 9.94. The van der Waals surface area contributed by atoms with Crippen LogP contribution in [0.1, 0.15) is 24.2 Å². The molecule has 0 bridgehead atoms. The molecule has 10 heteroatoms. The number of benzene rings is 1. The fourth-order valence-electron chi connectivity index (χ4n) is 3.62. The highest BCUT2D eigenvalue weighted by atomic mass is 19.4. The Morgan fingerprint density at radius 3 is 2.67 bits per heavy atom. The van der Waals surface area contributed by atoms with Crippen molar-refractivity contribution in [3.05, 3.63) is 35.7 Å². The van der Waals surface area contributed by atoms with E-state index in [0.717, 1.165) is 38.1 Å². The minimum absolute atomic E-state index is 0.289. The molecule has 1 aromatic carbocycles. The van der Waals surface area contributed by atoms with E-state index in [1.807, 2.05) is 0 Å². The van der Waals surface area contributed by atoms with Crippen LogP contribution in [0.25, 0.3) is 5.69 Å². The van der Waals surface area contributed by atoms with Crippen LogP contribution in [0.15, 0.2) is 24.3 Å². The van der Waals surface area contributed by atoms with Crippen molar-refractivity contribution in [1.82, 2.24) is 25.1 Å². The minimum atomic E-state index is -4.37. The van der Waals surface area contributed by atoms with E-state index in [-0.39, 0.29) is 5.60 Å². The second kappa shape index (κ2) is 7.17. The van der Waals surface area contributed by atoms with Gasteiger partial charge in [-0.1, -0.05) is 0 Å². The van der Waals surface area contributed by atoms with Crippen LogP contribution in [0, 0.1) is 0 Å². The molecule has 1 atom stereocenters. The van der Waals surface area contributed by atoms with E-state index < -0.39 is 11.7 Å². The largest absolute Gasteiger partial charge is 0.416 e. The fourth-order valence-corrected chi connectivity index (χ4v) is 3.62. The van der Waals surface area contributed by atoms with Gasteiger partial charge in [-0.3, -0.25) is 4.90 Å². The van der Waals surface area contributed by atoms with Gasteiger partial charge in [0.2, 0.25) is 0 Å². The van der Waals surface area contributed by atoms with Gasteiger partial charge in [0.15, 0.2) is 5.82 Å². The molecule has 2 aliphatic heterocycles. The molecule has 27 heavy (non-hydrogen) atoms. The summed E-state index contributed by atoms with van der Waals surface area (Å²) >= 11 is 0. The Kier molecular flexibility index (Phi) is 4.87. The van der Waals surface area contributed by atoms with E-state index >= 15 is 0 Å². The molecule has 7 nitrogen and oxygen atoms in total. The minimum Gasteiger partial charge on any atom is -0.378 e. The molecule has 2 fully saturated rings. The number of hydrogen-bond donors (Lipinski definition) is 0. The number of nitrogens with zero attached hydrogens (tertiary/aromatic N) is 5. The first-order valence-electron chi connectivity index (χ1n) is 8.84. The van der Waals surface area contributed by atoms with E-state index in [0.29, 0.717) is 37.8 Å². The lowest BCUT2D eigenvalue weighted by Crippen LogP contribution is -2.55. The van der Waals surface area contributed by atoms with Crippen molar-refractivity contribution in [1.29, 1.82) is 0 Å². The molecule has 0 N–H and O–H groups in total. The fraction of sp³-hybridized carbons (Fsp3) is 0.588. The molecular weight excluding hydrogens is 363 g/mol. The Balaban J connectivity index is 1.49. The molecule has 2 aromatic rings. The Bertz CT molecular complexity index is 766. The Labute approximate surface area is 154 Å². The van der Waals surface area contributed by atoms with Crippen molar-refractivity contribution in [3.63, 3.8) is 0 Å². The van der Waals surface area contributed by atoms with Gasteiger partial charge in [0.1, 0.15) is 5.60 Å². The van der Waals surface area contributed by atoms with Crippen molar-refractivity contribution < 1.29 is 22.6 Å². The molecule has 2 saturated heterocycles. The monoisotopic (exact) mass is 383 g/mol. The maximum Gasteiger partial charge on any atom is 0.416 e. The van der Waals surface area contributed by atoms with E-state index in [9.17, 15) is 13.2 Å². The van der Waals surface area contributed by atoms with E-state index in [1.54, 1.807) is 0 Å². The summed E-state index contributed by atoms with van der Waals surface area (Å²) in [5.41, 5.74) is -0.497. The Hall–Kier alpha value is -2.04. The second-order valence-electron chi connectivity index (χ2n) is 6.95. The number of tetrazole rings is 1. The first-order chi connectivity index (χ1) is 13.0. The van der Waals surface area contributed by atoms with Crippen LogP contribution in [0.3, 0.4) is 0 Å². The molecule has 0 saturated carbocycles. The molecule has 0 aliphatic carbocycles. The summed E-state index contributed by atoms with van der Waals surface area (Å²) in [6.07, 6.45) is -2.45. The van der Waals surface area contributed by atoms with Crippen LogP contribution in [0.4, 0.5) is 13.2 Å². The summed E-state index contributed by atoms with van der Waals surface area (Å²) in [7, 11) is 0. The Morgan fingerprint density at radius 1 is 1.15 bits per heavy atom. The first kappa shape index (κ1) is 18.3. The smallest absolute Gasteiger partial charge is 0.378 e. The molecule has 4 rings (SSSR count). The maximum atomic E-state index is 12.7. The second-order valence-corrected chi connectivity index (χ2v) is 6.95. The van der Waals surface area contributed by atoms with Crippen LogP contribution < -0.4 is 0 Å². The molecule has 1 spiro atoms. The summed E-state index contributed by atoms with van der Waals surface area (Å²) in [6.45, 7) is 3.88. The van der Waals surface area contributed by atoms with Gasteiger partial charge in [-0.05, 0) is 47.5 Å². The molecule has 146 valence electrons. The topological polar surface area (TPSA) is 65.3 Å². The maximum absolute atomic E-state index is 12.7. The van der Waals surface area contributed by atoms with E-state index in [4.69, 9.17) is 9.47 Å². The highest BCUT2D eigenvalue weighted by Crippen LogP contribution is 2.30. The predicted octanol–water partition coefficient (Wildman–Crippen LogP) is 2.06. The third-order valence-corrected chi connectivity index (χ3v) is 4.95. The average Bonchev–Trinajstić information content (AvgIpc) is 3.10. The number of alkyl halides is 3. The molecular formula is C17H20F3N5O2.